The van der Waals surface area contributed by atoms with Crippen molar-refractivity contribution < 1.29 is 9.31 Å². The van der Waals surface area contributed by atoms with Crippen LogP contribution in [0.5, 0.6) is 0 Å². The smallest absolute Gasteiger partial charge is 0.295 e. The van der Waals surface area contributed by atoms with Gasteiger partial charge in [0.1, 0.15) is 11.5 Å². The van der Waals surface area contributed by atoms with Gasteiger partial charge in [-0.1, -0.05) is 31.9 Å². The maximum Gasteiger partial charge on any atom is 0.295 e. The molecule has 20 heavy (non-hydrogen) atoms. The highest BCUT2D eigenvalue weighted by molar-refractivity contribution is 6.31. The topological polar surface area (TPSA) is 55.2 Å². The number of nitrogens with zero attached hydrogens (tertiary/aromatic N) is 1. The lowest BCUT2D eigenvalue weighted by Crippen LogP contribution is -2.31. The zero-order valence-electron chi connectivity index (χ0n) is 11.6. The van der Waals surface area contributed by atoms with Crippen LogP contribution < -0.4 is 5.32 Å². The van der Waals surface area contributed by atoms with Gasteiger partial charge in [0, 0.05) is 6.04 Å². The molecular weight excluding hydrogens is 283 g/mol. The number of nitro groups is 1. The van der Waals surface area contributed by atoms with Gasteiger partial charge < -0.3 is 5.32 Å². The lowest BCUT2D eigenvalue weighted by molar-refractivity contribution is -0.384. The second-order valence-corrected chi connectivity index (χ2v) is 6.55. The molecule has 1 N–H and O–H groups in total. The summed E-state index contributed by atoms with van der Waals surface area (Å²) in [7, 11) is 0. The molecule has 0 heterocycles. The maximum atomic E-state index is 13.4. The normalized spacial score (nSPS) is 21.5. The molecule has 1 aromatic rings. The third kappa shape index (κ3) is 3.39. The molecule has 0 radical (unpaired) electrons. The Hall–Kier alpha value is -1.36. The zero-order chi connectivity index (χ0) is 14.9. The van der Waals surface area contributed by atoms with E-state index in [0.717, 1.165) is 31.7 Å². The molecule has 1 aliphatic carbocycles. The van der Waals surface area contributed by atoms with Crippen LogP contribution in [-0.4, -0.2) is 11.0 Å². The number of hydrogen-bond donors (Lipinski definition) is 1. The fourth-order valence-electron chi connectivity index (χ4n) is 2.84. The monoisotopic (exact) mass is 300 g/mol. The van der Waals surface area contributed by atoms with Crippen LogP contribution >= 0.6 is 11.6 Å². The van der Waals surface area contributed by atoms with Crippen LogP contribution in [-0.2, 0) is 0 Å². The molecule has 4 nitrogen and oxygen atoms in total. The van der Waals surface area contributed by atoms with E-state index < -0.39 is 10.7 Å². The van der Waals surface area contributed by atoms with Gasteiger partial charge in [-0.3, -0.25) is 10.1 Å². The second kappa shape index (κ2) is 5.56. The molecule has 0 aromatic heterocycles. The average molecular weight is 301 g/mol. The lowest BCUT2D eigenvalue weighted by atomic mass is 9.75. The molecular formula is C14H18ClFN2O2. The van der Waals surface area contributed by atoms with Crippen LogP contribution in [0.3, 0.4) is 0 Å². The molecule has 0 amide bonds. The predicted octanol–water partition coefficient (Wildman–Crippen LogP) is 4.77. The Labute approximate surface area is 122 Å². The van der Waals surface area contributed by atoms with Gasteiger partial charge in [-0.25, -0.2) is 4.39 Å². The van der Waals surface area contributed by atoms with Crippen molar-refractivity contribution in [3.8, 4) is 0 Å². The van der Waals surface area contributed by atoms with Gasteiger partial charge in [0.25, 0.3) is 5.69 Å². The van der Waals surface area contributed by atoms with Crippen molar-refractivity contribution in [1.29, 1.82) is 0 Å². The Morgan fingerprint density at radius 3 is 2.80 bits per heavy atom. The van der Waals surface area contributed by atoms with Crippen molar-refractivity contribution in [2.45, 2.75) is 45.6 Å². The number of nitro benzene ring substituents is 1. The van der Waals surface area contributed by atoms with Crippen LogP contribution in [0, 0.1) is 21.3 Å². The van der Waals surface area contributed by atoms with E-state index in [4.69, 9.17) is 11.6 Å². The number of hydrogen-bond acceptors (Lipinski definition) is 3. The van der Waals surface area contributed by atoms with Crippen LogP contribution in [0.2, 0.25) is 5.02 Å². The van der Waals surface area contributed by atoms with Gasteiger partial charge in [0.2, 0.25) is 0 Å². The van der Waals surface area contributed by atoms with E-state index in [1.807, 2.05) is 0 Å². The molecule has 1 atom stereocenters. The Morgan fingerprint density at radius 2 is 2.20 bits per heavy atom. The molecule has 0 spiro atoms. The van der Waals surface area contributed by atoms with Gasteiger partial charge in [-0.15, -0.1) is 0 Å². The fraction of sp³-hybridized carbons (Fsp3) is 0.571. The minimum absolute atomic E-state index is 0.104. The number of rotatable bonds is 3. The summed E-state index contributed by atoms with van der Waals surface area (Å²) < 4.78 is 13.4. The first kappa shape index (κ1) is 15.0. The summed E-state index contributed by atoms with van der Waals surface area (Å²) in [5, 5.41) is 14.1. The number of benzene rings is 1. The van der Waals surface area contributed by atoms with Crippen LogP contribution in [0.25, 0.3) is 0 Å². The SMILES string of the molecule is CC1(C)CCCC(Nc2cc(Cl)c(F)cc2[N+](=O)[O-])C1. The summed E-state index contributed by atoms with van der Waals surface area (Å²) in [6, 6.07) is 2.33. The molecule has 1 fully saturated rings. The fourth-order valence-corrected chi connectivity index (χ4v) is 3.01. The third-order valence-electron chi connectivity index (χ3n) is 3.80. The summed E-state index contributed by atoms with van der Waals surface area (Å²) in [5.41, 5.74) is 0.244. The van der Waals surface area contributed by atoms with E-state index in [0.29, 0.717) is 5.69 Å². The number of halogens is 2. The standard InChI is InChI=1S/C14H18ClFN2O2/c1-14(2)5-3-4-9(8-14)17-12-6-10(15)11(16)7-13(12)18(19)20/h6-7,9,17H,3-5,8H2,1-2H3. The predicted molar refractivity (Wildman–Crippen MR) is 77.7 cm³/mol. The van der Waals surface area contributed by atoms with Crippen LogP contribution in [0.15, 0.2) is 12.1 Å². The van der Waals surface area contributed by atoms with Crippen molar-refractivity contribution in [2.75, 3.05) is 5.32 Å². The summed E-state index contributed by atoms with van der Waals surface area (Å²) in [4.78, 5) is 10.4. The van der Waals surface area contributed by atoms with Crippen LogP contribution in [0.1, 0.15) is 39.5 Å². The highest BCUT2D eigenvalue weighted by atomic mass is 35.5. The summed E-state index contributed by atoms with van der Waals surface area (Å²) in [6.45, 7) is 4.37. The third-order valence-corrected chi connectivity index (χ3v) is 4.09. The molecule has 0 bridgehead atoms. The highest BCUT2D eigenvalue weighted by Gasteiger charge is 2.29. The minimum Gasteiger partial charge on any atom is -0.377 e. The van der Waals surface area contributed by atoms with E-state index in [9.17, 15) is 14.5 Å². The zero-order valence-corrected chi connectivity index (χ0v) is 12.3. The first-order valence-electron chi connectivity index (χ1n) is 6.68. The van der Waals surface area contributed by atoms with Gasteiger partial charge in [0.05, 0.1) is 16.0 Å². The minimum atomic E-state index is -0.770. The second-order valence-electron chi connectivity index (χ2n) is 6.14. The van der Waals surface area contributed by atoms with Crippen molar-refractivity contribution in [3.05, 3.63) is 33.1 Å². The van der Waals surface area contributed by atoms with Gasteiger partial charge >= 0.3 is 0 Å². The van der Waals surface area contributed by atoms with Crippen molar-refractivity contribution in [3.63, 3.8) is 0 Å². The number of anilines is 1. The van der Waals surface area contributed by atoms with Crippen molar-refractivity contribution in [2.24, 2.45) is 5.41 Å². The van der Waals surface area contributed by atoms with Gasteiger partial charge in [0.15, 0.2) is 0 Å². The largest absolute Gasteiger partial charge is 0.377 e. The first-order chi connectivity index (χ1) is 9.28. The highest BCUT2D eigenvalue weighted by Crippen LogP contribution is 2.38. The Bertz CT molecular complexity index is 534. The summed E-state index contributed by atoms with van der Waals surface area (Å²) in [6.07, 6.45) is 4.11. The van der Waals surface area contributed by atoms with Gasteiger partial charge in [-0.2, -0.15) is 0 Å². The Balaban J connectivity index is 2.24. The molecule has 1 aliphatic rings. The van der Waals surface area contributed by atoms with Crippen molar-refractivity contribution in [1.82, 2.24) is 0 Å². The Kier molecular flexibility index (Phi) is 4.18. The van der Waals surface area contributed by atoms with E-state index in [1.54, 1.807) is 0 Å². The maximum absolute atomic E-state index is 13.4. The molecule has 1 unspecified atom stereocenters. The van der Waals surface area contributed by atoms with E-state index in [2.05, 4.69) is 19.2 Å². The lowest BCUT2D eigenvalue weighted by Gasteiger charge is -2.35. The first-order valence-corrected chi connectivity index (χ1v) is 7.06. The van der Waals surface area contributed by atoms with E-state index >= 15 is 0 Å². The summed E-state index contributed by atoms with van der Waals surface area (Å²) in [5.74, 6) is -0.770. The summed E-state index contributed by atoms with van der Waals surface area (Å²) >= 11 is 5.73. The van der Waals surface area contributed by atoms with E-state index in [-0.39, 0.29) is 22.2 Å². The molecule has 6 heteroatoms. The quantitative estimate of drug-likeness (QED) is 0.646. The molecule has 2 rings (SSSR count). The number of nitrogens with one attached hydrogen (secondary N) is 1. The average Bonchev–Trinajstić information content (AvgIpc) is 2.32. The molecule has 0 aliphatic heterocycles. The Morgan fingerprint density at radius 1 is 1.50 bits per heavy atom. The van der Waals surface area contributed by atoms with Crippen LogP contribution in [0.4, 0.5) is 15.8 Å². The molecule has 1 saturated carbocycles. The molecule has 0 saturated heterocycles. The molecule has 1 aromatic carbocycles. The van der Waals surface area contributed by atoms with Crippen molar-refractivity contribution >= 4 is 23.0 Å². The van der Waals surface area contributed by atoms with E-state index in [1.165, 1.54) is 6.07 Å². The molecule has 110 valence electrons. The van der Waals surface area contributed by atoms with Gasteiger partial charge in [-0.05, 0) is 30.7 Å².